The highest BCUT2D eigenvalue weighted by atomic mass is 19.1. The molecule has 0 aliphatic heterocycles. The number of imidazole rings is 1. The summed E-state index contributed by atoms with van der Waals surface area (Å²) >= 11 is 0. The van der Waals surface area contributed by atoms with E-state index in [1.165, 1.54) is 18.5 Å². The minimum absolute atomic E-state index is 0.0903. The van der Waals surface area contributed by atoms with Crippen LogP contribution in [0.5, 0.6) is 0 Å². The standard InChI is InChI=1S/C19H15FN8/c1-11(26-18-13(9-21)17(22)24-10-25-18)19-27-14-8-12(20)5-6-15(14)28(19)16-4-2-3-7-23-16/h2-8,10-11H,1H3,(H3,22,24,25,26). The van der Waals surface area contributed by atoms with Gasteiger partial charge in [-0.05, 0) is 31.2 Å². The molecule has 0 bridgehead atoms. The Morgan fingerprint density at radius 1 is 1.21 bits per heavy atom. The third-order valence-electron chi connectivity index (χ3n) is 4.25. The molecule has 4 aromatic rings. The fourth-order valence-corrected chi connectivity index (χ4v) is 2.98. The van der Waals surface area contributed by atoms with Crippen molar-refractivity contribution in [3.8, 4) is 11.9 Å². The molecule has 1 unspecified atom stereocenters. The first-order valence-electron chi connectivity index (χ1n) is 8.45. The molecule has 0 spiro atoms. The molecule has 3 heterocycles. The molecule has 0 aliphatic rings. The van der Waals surface area contributed by atoms with E-state index in [2.05, 4.69) is 25.3 Å². The fourth-order valence-electron chi connectivity index (χ4n) is 2.98. The number of halogens is 1. The van der Waals surface area contributed by atoms with E-state index in [0.717, 1.165) is 0 Å². The van der Waals surface area contributed by atoms with Crippen molar-refractivity contribution in [3.63, 3.8) is 0 Å². The number of nitrogens with zero attached hydrogens (tertiary/aromatic N) is 6. The van der Waals surface area contributed by atoms with Gasteiger partial charge < -0.3 is 11.1 Å². The molecule has 0 saturated heterocycles. The van der Waals surface area contributed by atoms with Gasteiger partial charge in [-0.3, -0.25) is 4.57 Å². The average molecular weight is 374 g/mol. The van der Waals surface area contributed by atoms with E-state index in [-0.39, 0.29) is 23.2 Å². The first-order valence-corrected chi connectivity index (χ1v) is 8.45. The molecule has 0 fully saturated rings. The van der Waals surface area contributed by atoms with Gasteiger partial charge in [0.1, 0.15) is 47.1 Å². The second-order valence-electron chi connectivity index (χ2n) is 6.09. The number of nitrogen functional groups attached to an aromatic ring is 1. The molecular weight excluding hydrogens is 359 g/mol. The third-order valence-corrected chi connectivity index (χ3v) is 4.25. The normalized spacial score (nSPS) is 11.9. The highest BCUT2D eigenvalue weighted by Crippen LogP contribution is 2.28. The van der Waals surface area contributed by atoms with E-state index in [1.54, 1.807) is 12.3 Å². The molecule has 1 aromatic carbocycles. The Morgan fingerprint density at radius 2 is 2.07 bits per heavy atom. The van der Waals surface area contributed by atoms with Crippen LogP contribution in [0, 0.1) is 17.1 Å². The molecule has 4 rings (SSSR count). The SMILES string of the molecule is CC(Nc1ncnc(N)c1C#N)c1nc2cc(F)ccc2n1-c1ccccn1. The zero-order chi connectivity index (χ0) is 19.7. The molecule has 3 N–H and O–H groups in total. The highest BCUT2D eigenvalue weighted by Gasteiger charge is 2.21. The Hall–Kier alpha value is -4.06. The van der Waals surface area contributed by atoms with E-state index >= 15 is 0 Å². The minimum Gasteiger partial charge on any atom is -0.382 e. The van der Waals surface area contributed by atoms with E-state index in [4.69, 9.17) is 5.73 Å². The summed E-state index contributed by atoms with van der Waals surface area (Å²) in [5.74, 6) is 1.24. The lowest BCUT2D eigenvalue weighted by Gasteiger charge is -2.17. The van der Waals surface area contributed by atoms with Gasteiger partial charge in [0.2, 0.25) is 0 Å². The average Bonchev–Trinajstić information content (AvgIpc) is 3.07. The molecule has 138 valence electrons. The van der Waals surface area contributed by atoms with Crippen LogP contribution in [0.25, 0.3) is 16.9 Å². The Morgan fingerprint density at radius 3 is 2.82 bits per heavy atom. The van der Waals surface area contributed by atoms with Crippen LogP contribution in [0.2, 0.25) is 0 Å². The van der Waals surface area contributed by atoms with Crippen molar-refractivity contribution in [3.05, 3.63) is 66.1 Å². The molecule has 3 aromatic heterocycles. The highest BCUT2D eigenvalue weighted by molar-refractivity contribution is 5.78. The Labute approximate surface area is 159 Å². The van der Waals surface area contributed by atoms with Crippen molar-refractivity contribution < 1.29 is 4.39 Å². The number of fused-ring (bicyclic) bond motifs is 1. The number of hydrogen-bond donors (Lipinski definition) is 2. The van der Waals surface area contributed by atoms with Gasteiger partial charge in [-0.2, -0.15) is 5.26 Å². The van der Waals surface area contributed by atoms with E-state index in [1.807, 2.05) is 35.8 Å². The first kappa shape index (κ1) is 17.4. The smallest absolute Gasteiger partial charge is 0.150 e. The van der Waals surface area contributed by atoms with Gasteiger partial charge in [-0.25, -0.2) is 24.3 Å². The van der Waals surface area contributed by atoms with Crippen molar-refractivity contribution in [2.45, 2.75) is 13.0 Å². The third kappa shape index (κ3) is 2.97. The summed E-state index contributed by atoms with van der Waals surface area (Å²) < 4.78 is 15.6. The van der Waals surface area contributed by atoms with Gasteiger partial charge in [0.05, 0.1) is 17.1 Å². The van der Waals surface area contributed by atoms with Crippen LogP contribution < -0.4 is 11.1 Å². The molecule has 9 heteroatoms. The van der Waals surface area contributed by atoms with E-state index in [9.17, 15) is 9.65 Å². The number of benzene rings is 1. The monoisotopic (exact) mass is 374 g/mol. The van der Waals surface area contributed by atoms with Gasteiger partial charge in [0, 0.05) is 12.3 Å². The lowest BCUT2D eigenvalue weighted by molar-refractivity contribution is 0.629. The van der Waals surface area contributed by atoms with E-state index < -0.39 is 0 Å². The maximum absolute atomic E-state index is 13.7. The second kappa shape index (κ2) is 6.92. The van der Waals surface area contributed by atoms with Crippen LogP contribution in [0.4, 0.5) is 16.0 Å². The molecule has 0 aliphatic carbocycles. The van der Waals surface area contributed by atoms with E-state index in [0.29, 0.717) is 28.5 Å². The fraction of sp³-hybridized carbons (Fsp3) is 0.105. The summed E-state index contributed by atoms with van der Waals surface area (Å²) in [6.45, 7) is 1.86. The Kier molecular flexibility index (Phi) is 4.29. The lowest BCUT2D eigenvalue weighted by atomic mass is 10.2. The topological polar surface area (TPSA) is 118 Å². The van der Waals surface area contributed by atoms with Crippen LogP contribution in [0.1, 0.15) is 24.4 Å². The number of nitriles is 1. The van der Waals surface area contributed by atoms with Gasteiger partial charge in [0.15, 0.2) is 0 Å². The molecule has 28 heavy (non-hydrogen) atoms. The molecule has 0 saturated carbocycles. The van der Waals surface area contributed by atoms with Crippen LogP contribution >= 0.6 is 0 Å². The largest absolute Gasteiger partial charge is 0.382 e. The molecule has 0 amide bonds. The summed E-state index contributed by atoms with van der Waals surface area (Å²) in [4.78, 5) is 16.9. The lowest BCUT2D eigenvalue weighted by Crippen LogP contribution is -2.16. The molecule has 1 atom stereocenters. The summed E-state index contributed by atoms with van der Waals surface area (Å²) in [7, 11) is 0. The van der Waals surface area contributed by atoms with Crippen LogP contribution in [-0.4, -0.2) is 24.5 Å². The summed E-state index contributed by atoms with van der Waals surface area (Å²) in [5, 5.41) is 12.5. The number of rotatable bonds is 4. The van der Waals surface area contributed by atoms with Gasteiger partial charge in [-0.15, -0.1) is 0 Å². The molecule has 0 radical (unpaired) electrons. The van der Waals surface area contributed by atoms with Crippen molar-refractivity contribution in [2.75, 3.05) is 11.1 Å². The van der Waals surface area contributed by atoms with Crippen molar-refractivity contribution in [1.82, 2.24) is 24.5 Å². The zero-order valence-corrected chi connectivity index (χ0v) is 14.8. The first-order chi connectivity index (χ1) is 13.6. The van der Waals surface area contributed by atoms with Crippen molar-refractivity contribution in [2.24, 2.45) is 0 Å². The summed E-state index contributed by atoms with van der Waals surface area (Å²) in [6, 6.07) is 11.5. The number of anilines is 2. The van der Waals surface area contributed by atoms with Crippen molar-refractivity contribution in [1.29, 1.82) is 5.26 Å². The second-order valence-corrected chi connectivity index (χ2v) is 6.09. The maximum atomic E-state index is 13.7. The Balaban J connectivity index is 1.84. The number of pyridine rings is 1. The predicted octanol–water partition coefficient (Wildman–Crippen LogP) is 2.98. The van der Waals surface area contributed by atoms with Crippen LogP contribution in [0.15, 0.2) is 48.9 Å². The van der Waals surface area contributed by atoms with Gasteiger partial charge >= 0.3 is 0 Å². The predicted molar refractivity (Wildman–Crippen MR) is 102 cm³/mol. The van der Waals surface area contributed by atoms with Gasteiger partial charge in [0.25, 0.3) is 0 Å². The summed E-state index contributed by atoms with van der Waals surface area (Å²) in [5.41, 5.74) is 7.12. The van der Waals surface area contributed by atoms with Crippen LogP contribution in [-0.2, 0) is 0 Å². The number of hydrogen-bond acceptors (Lipinski definition) is 7. The quantitative estimate of drug-likeness (QED) is 0.564. The minimum atomic E-state index is -0.390. The van der Waals surface area contributed by atoms with Gasteiger partial charge in [-0.1, -0.05) is 6.07 Å². The number of aromatic nitrogens is 5. The van der Waals surface area contributed by atoms with Crippen molar-refractivity contribution >= 4 is 22.7 Å². The zero-order valence-electron chi connectivity index (χ0n) is 14.8. The molecule has 8 nitrogen and oxygen atoms in total. The summed E-state index contributed by atoms with van der Waals surface area (Å²) in [6.07, 6.45) is 2.95. The van der Waals surface area contributed by atoms with Crippen LogP contribution in [0.3, 0.4) is 0 Å². The molecular formula is C19H15FN8. The number of nitrogens with one attached hydrogen (secondary N) is 1. The maximum Gasteiger partial charge on any atom is 0.150 e. The Bertz CT molecular complexity index is 1200. The number of nitrogens with two attached hydrogens (primary N) is 1.